The van der Waals surface area contributed by atoms with E-state index in [4.69, 9.17) is 10.5 Å². The molecule has 0 aromatic carbocycles. The molecule has 0 unspecified atom stereocenters. The second-order valence-electron chi connectivity index (χ2n) is 5.71. The molecule has 0 radical (unpaired) electrons. The van der Waals surface area contributed by atoms with Crippen LogP contribution >= 0.6 is 0 Å². The Hall–Kier alpha value is -1.73. The Labute approximate surface area is 123 Å². The monoisotopic (exact) mass is 294 g/mol. The van der Waals surface area contributed by atoms with Crippen molar-refractivity contribution < 1.29 is 14.6 Å². The van der Waals surface area contributed by atoms with Gasteiger partial charge in [0.2, 0.25) is 5.95 Å². The Bertz CT molecular complexity index is 507. The second kappa shape index (κ2) is 6.82. The summed E-state index contributed by atoms with van der Waals surface area (Å²) in [6.45, 7) is 4.88. The van der Waals surface area contributed by atoms with E-state index in [0.717, 1.165) is 12.1 Å². The number of aliphatic hydroxyl groups excluding tert-OH is 1. The van der Waals surface area contributed by atoms with E-state index in [1.807, 2.05) is 0 Å². The molecule has 1 amide bonds. The van der Waals surface area contributed by atoms with E-state index in [9.17, 15) is 9.90 Å². The molecular formula is C14H22N4O3. The molecule has 2 heterocycles. The zero-order valence-corrected chi connectivity index (χ0v) is 12.4. The zero-order valence-electron chi connectivity index (χ0n) is 12.4. The average molecular weight is 294 g/mol. The van der Waals surface area contributed by atoms with Crippen molar-refractivity contribution >= 4 is 11.9 Å². The van der Waals surface area contributed by atoms with Crippen LogP contribution < -0.4 is 11.1 Å². The number of nitrogen functional groups attached to an aromatic ring is 1. The molecule has 1 aliphatic rings. The summed E-state index contributed by atoms with van der Waals surface area (Å²) in [6, 6.07) is 1.33. The maximum atomic E-state index is 12.2. The van der Waals surface area contributed by atoms with Gasteiger partial charge in [-0.2, -0.15) is 0 Å². The predicted molar refractivity (Wildman–Crippen MR) is 77.7 cm³/mol. The number of nitrogens with two attached hydrogens (primary N) is 1. The highest BCUT2D eigenvalue weighted by Crippen LogP contribution is 2.11. The lowest BCUT2D eigenvalue weighted by Gasteiger charge is -2.28. The molecule has 1 aromatic heterocycles. The van der Waals surface area contributed by atoms with Gasteiger partial charge in [-0.3, -0.25) is 4.79 Å². The summed E-state index contributed by atoms with van der Waals surface area (Å²) >= 11 is 0. The van der Waals surface area contributed by atoms with E-state index in [2.05, 4.69) is 29.1 Å². The third kappa shape index (κ3) is 4.37. The molecule has 0 bridgehead atoms. The first-order chi connectivity index (χ1) is 9.95. The maximum Gasteiger partial charge on any atom is 0.270 e. The van der Waals surface area contributed by atoms with Gasteiger partial charge in [0, 0.05) is 12.3 Å². The quantitative estimate of drug-likeness (QED) is 0.728. The number of hydrogen-bond acceptors (Lipinski definition) is 6. The van der Waals surface area contributed by atoms with Crippen LogP contribution in [0.1, 0.15) is 36.5 Å². The van der Waals surface area contributed by atoms with Crippen molar-refractivity contribution in [2.75, 3.05) is 18.9 Å². The van der Waals surface area contributed by atoms with Gasteiger partial charge < -0.3 is 20.9 Å². The number of carbonyl (C=O) groups is 1. The Morgan fingerprint density at radius 1 is 1.57 bits per heavy atom. The molecule has 1 aromatic rings. The predicted octanol–water partition coefficient (Wildman–Crippen LogP) is 0.137. The van der Waals surface area contributed by atoms with E-state index in [-0.39, 0.29) is 30.2 Å². The molecule has 0 aliphatic carbocycles. The minimum Gasteiger partial charge on any atom is -0.389 e. The van der Waals surface area contributed by atoms with Crippen molar-refractivity contribution in [3.8, 4) is 0 Å². The number of anilines is 1. The molecule has 7 heteroatoms. The molecule has 1 fully saturated rings. The van der Waals surface area contributed by atoms with Gasteiger partial charge in [0.15, 0.2) is 0 Å². The van der Waals surface area contributed by atoms with Crippen LogP contribution in [-0.2, 0) is 11.2 Å². The minimum atomic E-state index is -0.697. The molecule has 1 saturated heterocycles. The number of amides is 1. The number of ether oxygens (including phenoxy) is 1. The van der Waals surface area contributed by atoms with Crippen LogP contribution in [0.2, 0.25) is 0 Å². The summed E-state index contributed by atoms with van der Waals surface area (Å²) in [5.74, 6) is 0.151. The summed E-state index contributed by atoms with van der Waals surface area (Å²) < 4.78 is 5.13. The van der Waals surface area contributed by atoms with Gasteiger partial charge in [-0.15, -0.1) is 0 Å². The van der Waals surface area contributed by atoms with E-state index in [0.29, 0.717) is 18.9 Å². The lowest BCUT2D eigenvalue weighted by molar-refractivity contribution is -0.0261. The van der Waals surface area contributed by atoms with E-state index < -0.39 is 6.10 Å². The fourth-order valence-electron chi connectivity index (χ4n) is 2.29. The number of carbonyl (C=O) groups excluding carboxylic acids is 1. The molecule has 0 spiro atoms. The number of rotatable bonds is 4. The summed E-state index contributed by atoms with van der Waals surface area (Å²) in [4.78, 5) is 20.3. The highest BCUT2D eigenvalue weighted by atomic mass is 16.5. The average Bonchev–Trinajstić information content (AvgIpc) is 2.40. The molecule has 4 N–H and O–H groups in total. The molecule has 0 saturated carbocycles. The van der Waals surface area contributed by atoms with Crippen molar-refractivity contribution in [1.29, 1.82) is 0 Å². The number of hydrogen-bond donors (Lipinski definition) is 3. The van der Waals surface area contributed by atoms with Crippen molar-refractivity contribution in [3.05, 3.63) is 17.5 Å². The van der Waals surface area contributed by atoms with Crippen molar-refractivity contribution in [1.82, 2.24) is 15.3 Å². The fourth-order valence-corrected chi connectivity index (χ4v) is 2.29. The Balaban J connectivity index is 2.09. The first-order valence-electron chi connectivity index (χ1n) is 7.16. The number of nitrogens with zero attached hydrogens (tertiary/aromatic N) is 2. The minimum absolute atomic E-state index is 0.0887. The lowest BCUT2D eigenvalue weighted by Crippen LogP contribution is -2.48. The van der Waals surface area contributed by atoms with Gasteiger partial charge in [-0.25, -0.2) is 9.97 Å². The highest BCUT2D eigenvalue weighted by Gasteiger charge is 2.26. The molecule has 116 valence electrons. The highest BCUT2D eigenvalue weighted by molar-refractivity contribution is 5.92. The maximum absolute atomic E-state index is 12.2. The molecule has 21 heavy (non-hydrogen) atoms. The van der Waals surface area contributed by atoms with Crippen LogP contribution in [0.25, 0.3) is 0 Å². The first-order valence-corrected chi connectivity index (χ1v) is 7.16. The number of aliphatic hydroxyl groups is 1. The fraction of sp³-hybridized carbons (Fsp3) is 0.643. The summed E-state index contributed by atoms with van der Waals surface area (Å²) in [6.07, 6.45) is 0.608. The summed E-state index contributed by atoms with van der Waals surface area (Å²) in [5.41, 5.74) is 6.64. The SMILES string of the molecule is CC(C)Cc1cc(C(=O)N[C@@H]2CCOC[C@H]2O)nc(N)n1. The van der Waals surface area contributed by atoms with Crippen molar-refractivity contribution in [2.45, 2.75) is 38.8 Å². The second-order valence-corrected chi connectivity index (χ2v) is 5.71. The van der Waals surface area contributed by atoms with Crippen molar-refractivity contribution in [2.24, 2.45) is 5.92 Å². The van der Waals surface area contributed by atoms with Gasteiger partial charge in [0.25, 0.3) is 5.91 Å². The topological polar surface area (TPSA) is 110 Å². The van der Waals surface area contributed by atoms with E-state index >= 15 is 0 Å². The summed E-state index contributed by atoms with van der Waals surface area (Å²) in [5, 5.41) is 12.6. The summed E-state index contributed by atoms with van der Waals surface area (Å²) in [7, 11) is 0. The van der Waals surface area contributed by atoms with E-state index in [1.54, 1.807) is 6.07 Å². The van der Waals surface area contributed by atoms with Crippen LogP contribution in [0, 0.1) is 5.92 Å². The third-order valence-electron chi connectivity index (χ3n) is 3.29. The molecular weight excluding hydrogens is 272 g/mol. The molecule has 7 nitrogen and oxygen atoms in total. The third-order valence-corrected chi connectivity index (χ3v) is 3.29. The number of aromatic nitrogens is 2. The normalized spacial score (nSPS) is 22.3. The first kappa shape index (κ1) is 15.7. The van der Waals surface area contributed by atoms with Crippen LogP contribution in [0.3, 0.4) is 0 Å². The van der Waals surface area contributed by atoms with Gasteiger partial charge in [-0.05, 0) is 24.8 Å². The Morgan fingerprint density at radius 2 is 2.33 bits per heavy atom. The van der Waals surface area contributed by atoms with Crippen LogP contribution in [0.4, 0.5) is 5.95 Å². The lowest BCUT2D eigenvalue weighted by atomic mass is 10.1. The smallest absolute Gasteiger partial charge is 0.270 e. The van der Waals surface area contributed by atoms with Gasteiger partial charge in [-0.1, -0.05) is 13.8 Å². The van der Waals surface area contributed by atoms with Gasteiger partial charge >= 0.3 is 0 Å². The number of nitrogens with one attached hydrogen (secondary N) is 1. The van der Waals surface area contributed by atoms with Gasteiger partial charge in [0.1, 0.15) is 5.69 Å². The van der Waals surface area contributed by atoms with E-state index in [1.165, 1.54) is 0 Å². The van der Waals surface area contributed by atoms with Crippen LogP contribution in [0.15, 0.2) is 6.07 Å². The standard InChI is InChI=1S/C14H22N4O3/c1-8(2)5-9-6-11(18-14(15)16-9)13(20)17-10-3-4-21-7-12(10)19/h6,8,10,12,19H,3-5,7H2,1-2H3,(H,17,20)(H2,15,16,18)/t10-,12-/m1/s1. The molecule has 2 rings (SSSR count). The molecule has 1 aliphatic heterocycles. The Kier molecular flexibility index (Phi) is 5.08. The van der Waals surface area contributed by atoms with Crippen LogP contribution in [-0.4, -0.2) is 46.3 Å². The van der Waals surface area contributed by atoms with Gasteiger partial charge in [0.05, 0.1) is 18.8 Å². The van der Waals surface area contributed by atoms with Crippen LogP contribution in [0.5, 0.6) is 0 Å². The zero-order chi connectivity index (χ0) is 15.4. The Morgan fingerprint density at radius 3 is 3.00 bits per heavy atom. The van der Waals surface area contributed by atoms with Crippen molar-refractivity contribution in [3.63, 3.8) is 0 Å². The largest absolute Gasteiger partial charge is 0.389 e. The molecule has 2 atom stereocenters.